The number of nitrogens with zero attached hydrogens (tertiary/aromatic N) is 3. The maximum absolute atomic E-state index is 5.68. The molecule has 0 radical (unpaired) electrons. The molecule has 1 fully saturated rings. The van der Waals surface area contributed by atoms with Crippen LogP contribution < -0.4 is 9.44 Å². The van der Waals surface area contributed by atoms with E-state index in [-0.39, 0.29) is 18.8 Å². The second-order valence-corrected chi connectivity index (χ2v) is 8.36. The Morgan fingerprint density at radius 2 is 1.92 bits per heavy atom. The molecule has 0 unspecified atom stereocenters. The van der Waals surface area contributed by atoms with Gasteiger partial charge in [-0.1, -0.05) is 30.9 Å². The highest BCUT2D eigenvalue weighted by Gasteiger charge is 2.39. The highest BCUT2D eigenvalue weighted by atomic mass is 32.2. The van der Waals surface area contributed by atoms with Gasteiger partial charge in [-0.2, -0.15) is 0 Å². The fourth-order valence-corrected chi connectivity index (χ4v) is 4.26. The van der Waals surface area contributed by atoms with Gasteiger partial charge in [0.05, 0.1) is 12.4 Å². The van der Waals surface area contributed by atoms with Crippen LogP contribution in [0.1, 0.15) is 20.8 Å². The molecule has 1 aromatic rings. The molecule has 1 N–H and O–H groups in total. The lowest BCUT2D eigenvalue weighted by atomic mass is 9.63. The third-order valence-corrected chi connectivity index (χ3v) is 6.07. The fourth-order valence-electron chi connectivity index (χ4n) is 2.99. The van der Waals surface area contributed by atoms with Crippen molar-refractivity contribution < 1.29 is 0 Å². The molecule has 0 bridgehead atoms. The first kappa shape index (κ1) is 19.7. The van der Waals surface area contributed by atoms with Crippen molar-refractivity contribution in [1.82, 2.24) is 14.8 Å². The summed E-state index contributed by atoms with van der Waals surface area (Å²) in [5, 5.41) is 3.63. The molecule has 4 nitrogen and oxygen atoms in total. The van der Waals surface area contributed by atoms with Gasteiger partial charge in [0.15, 0.2) is 0 Å². The van der Waals surface area contributed by atoms with Crippen molar-refractivity contribution in [3.8, 4) is 12.3 Å². The molecule has 0 aliphatic carbocycles. The second kappa shape index (κ2) is 8.16. The maximum atomic E-state index is 5.68. The van der Waals surface area contributed by atoms with E-state index in [1.54, 1.807) is 0 Å². The Hall–Kier alpha value is -1.64. The predicted octanol–water partition coefficient (Wildman–Crippen LogP) is 3.44. The van der Waals surface area contributed by atoms with Gasteiger partial charge in [0.25, 0.3) is 0 Å². The molecule has 2 rings (SSSR count). The number of rotatable bonds is 2. The fraction of sp³-hybridized carbons (Fsp3) is 0.444. The average molecular weight is 354 g/mol. The average Bonchev–Trinajstić information content (AvgIpc) is 2.63. The van der Waals surface area contributed by atoms with Crippen molar-refractivity contribution in [2.45, 2.75) is 39.3 Å². The van der Waals surface area contributed by atoms with Crippen molar-refractivity contribution in [3.05, 3.63) is 42.2 Å². The minimum Gasteiger partial charge on any atom is -0.402 e. The smallest absolute Gasteiger partial charge is 0.340 e. The van der Waals surface area contributed by atoms with Crippen molar-refractivity contribution in [3.63, 3.8) is 0 Å². The van der Waals surface area contributed by atoms with E-state index in [0.29, 0.717) is 6.54 Å². The van der Waals surface area contributed by atoms with Crippen LogP contribution in [0.5, 0.6) is 0 Å². The lowest BCUT2D eigenvalue weighted by Crippen LogP contribution is -2.56. The summed E-state index contributed by atoms with van der Waals surface area (Å²) < 4.78 is 4.71. The first-order chi connectivity index (χ1) is 11.8. The first-order valence-corrected chi connectivity index (χ1v) is 9.48. The summed E-state index contributed by atoms with van der Waals surface area (Å²) in [5.41, 5.74) is 1.19. The van der Waals surface area contributed by atoms with E-state index in [0.717, 1.165) is 5.82 Å². The van der Waals surface area contributed by atoms with Crippen LogP contribution in [-0.2, 0) is 0 Å². The maximum Gasteiger partial charge on any atom is 0.340 e. The van der Waals surface area contributed by atoms with Gasteiger partial charge in [-0.3, -0.25) is 0 Å². The lowest BCUT2D eigenvalue weighted by Gasteiger charge is -2.43. The predicted molar refractivity (Wildman–Crippen MR) is 114 cm³/mol. The van der Waals surface area contributed by atoms with E-state index in [4.69, 9.17) is 6.42 Å². The summed E-state index contributed by atoms with van der Waals surface area (Å²) in [4.78, 5) is 2.05. The summed E-state index contributed by atoms with van der Waals surface area (Å²) in [6.45, 7) is 11.8. The van der Waals surface area contributed by atoms with Crippen LogP contribution in [0.4, 0.5) is 5.69 Å². The Labute approximate surface area is 158 Å². The molecule has 7 heteroatoms. The number of hydrogen-bond acceptors (Lipinski definition) is 5. The summed E-state index contributed by atoms with van der Waals surface area (Å²) in [7, 11) is 2.15. The summed E-state index contributed by atoms with van der Waals surface area (Å²) in [6.07, 6.45) is 7.79. The number of anilines is 1. The molecule has 1 heterocycles. The van der Waals surface area contributed by atoms with Gasteiger partial charge in [0.1, 0.15) is 4.87 Å². The third kappa shape index (κ3) is 4.31. The summed E-state index contributed by atoms with van der Waals surface area (Å²) in [5.74, 6) is 3.88. The van der Waals surface area contributed by atoms with Crippen LogP contribution >= 0.6 is 11.9 Å². The standard InChI is InChI=1S/C18H28B2N4S/c1-8-15-23-17(9-2)21-19(5)22(7)20(6)24(25-18(23,3)4)16-13-11-10-12-14-16/h1,9-14,21H,15H2,2-7H3/b17-9-. The number of para-hydroxylation sites is 1. The van der Waals surface area contributed by atoms with Gasteiger partial charge in [0, 0.05) is 5.69 Å². The van der Waals surface area contributed by atoms with Gasteiger partial charge >= 0.3 is 14.0 Å². The van der Waals surface area contributed by atoms with Crippen molar-refractivity contribution >= 4 is 31.6 Å². The molecule has 1 aromatic carbocycles. The zero-order valence-corrected chi connectivity index (χ0v) is 17.0. The summed E-state index contributed by atoms with van der Waals surface area (Å²) in [6, 6.07) is 10.5. The molecule has 25 heavy (non-hydrogen) atoms. The Morgan fingerprint density at radius 1 is 1.28 bits per heavy atom. The van der Waals surface area contributed by atoms with Crippen LogP contribution in [-0.4, -0.2) is 42.1 Å². The quantitative estimate of drug-likeness (QED) is 0.498. The van der Waals surface area contributed by atoms with E-state index in [2.05, 4.69) is 103 Å². The first-order valence-electron chi connectivity index (χ1n) is 8.71. The van der Waals surface area contributed by atoms with Crippen LogP contribution in [0.3, 0.4) is 0 Å². The molecule has 0 amide bonds. The molecule has 0 aromatic heterocycles. The van der Waals surface area contributed by atoms with Gasteiger partial charge in [-0.15, -0.1) is 6.42 Å². The van der Waals surface area contributed by atoms with Crippen molar-refractivity contribution in [2.75, 3.05) is 17.8 Å². The highest BCUT2D eigenvalue weighted by molar-refractivity contribution is 8.03. The number of hydrogen-bond donors (Lipinski definition) is 1. The third-order valence-electron chi connectivity index (χ3n) is 4.69. The minimum absolute atomic E-state index is 0.169. The van der Waals surface area contributed by atoms with Gasteiger partial charge < -0.3 is 19.1 Å². The number of nitrogens with one attached hydrogen (secondary N) is 1. The van der Waals surface area contributed by atoms with Crippen molar-refractivity contribution in [1.29, 1.82) is 0 Å². The Morgan fingerprint density at radius 3 is 2.48 bits per heavy atom. The van der Waals surface area contributed by atoms with Crippen LogP contribution in [0.2, 0.25) is 13.6 Å². The molecule has 1 saturated heterocycles. The highest BCUT2D eigenvalue weighted by Crippen LogP contribution is 2.38. The molecule has 1 aliphatic heterocycles. The van der Waals surface area contributed by atoms with Gasteiger partial charge in [-0.25, -0.2) is 0 Å². The van der Waals surface area contributed by atoms with Crippen LogP contribution in [0.25, 0.3) is 0 Å². The normalized spacial score (nSPS) is 20.6. The Balaban J connectivity index is 2.51. The zero-order chi connectivity index (χ0) is 18.6. The van der Waals surface area contributed by atoms with Gasteiger partial charge in [-0.05, 0) is 64.8 Å². The zero-order valence-electron chi connectivity index (χ0n) is 16.2. The number of terminal acetylenes is 1. The molecular weight excluding hydrogens is 326 g/mol. The van der Waals surface area contributed by atoms with E-state index in [9.17, 15) is 0 Å². The molecule has 1 aliphatic rings. The SMILES string of the molecule is C#CCN1/C(=C\C)NB(C)N(C)B(C)N(c2ccccc2)SC1(C)C. The van der Waals surface area contributed by atoms with Crippen molar-refractivity contribution in [2.24, 2.45) is 0 Å². The molecular formula is C18H28B2N4S. The van der Waals surface area contributed by atoms with E-state index < -0.39 is 0 Å². The van der Waals surface area contributed by atoms with E-state index >= 15 is 0 Å². The van der Waals surface area contributed by atoms with E-state index in [1.807, 2.05) is 11.9 Å². The van der Waals surface area contributed by atoms with Crippen LogP contribution in [0, 0.1) is 12.3 Å². The largest absolute Gasteiger partial charge is 0.402 e. The van der Waals surface area contributed by atoms with Crippen LogP contribution in [0.15, 0.2) is 42.2 Å². The molecule has 0 saturated carbocycles. The molecule has 0 spiro atoms. The van der Waals surface area contributed by atoms with E-state index in [1.165, 1.54) is 5.69 Å². The Kier molecular flexibility index (Phi) is 6.42. The number of allylic oxidation sites excluding steroid dienone is 1. The lowest BCUT2D eigenvalue weighted by molar-refractivity contribution is 0.273. The van der Waals surface area contributed by atoms with Gasteiger partial charge in [0.2, 0.25) is 0 Å². The molecule has 0 atom stereocenters. The second-order valence-electron chi connectivity index (χ2n) is 6.78. The summed E-state index contributed by atoms with van der Waals surface area (Å²) >= 11 is 1.81. The monoisotopic (exact) mass is 354 g/mol. The number of benzene rings is 1. The minimum atomic E-state index is -0.212. The molecule has 132 valence electrons. The Bertz CT molecular complexity index is 644. The topological polar surface area (TPSA) is 21.8 Å².